The standard InChI is InChI=1S/C26H20BF2N3O2S/c1-2-15-30-26(33)18-34-23-12-6-19(7-13-23)5-8-20-9-10-21-17-22-11-14-24(25-4-3-16-35-25)32(22)27(28,29)31(20)21/h1,3-14,16-17H,15,18H2,(H,30,33)/b8-5+. The average Bonchev–Trinajstić information content (AvgIpc) is 3.60. The lowest BCUT2D eigenvalue weighted by Gasteiger charge is -2.30. The Bertz CT molecular complexity index is 1440. The summed E-state index contributed by atoms with van der Waals surface area (Å²) < 4.78 is 39.4. The lowest BCUT2D eigenvalue weighted by molar-refractivity contribution is -0.360. The molecule has 35 heavy (non-hydrogen) atoms. The Morgan fingerprint density at radius 3 is 2.74 bits per heavy atom. The maximum Gasteiger partial charge on any atom is 0.737 e. The summed E-state index contributed by atoms with van der Waals surface area (Å²) in [7, 11) is 0. The van der Waals surface area contributed by atoms with Crippen LogP contribution in [0.15, 0.2) is 71.8 Å². The molecule has 0 spiro atoms. The van der Waals surface area contributed by atoms with Crippen LogP contribution in [0.5, 0.6) is 5.75 Å². The number of fused-ring (bicyclic) bond motifs is 2. The molecule has 9 heteroatoms. The number of allylic oxidation sites excluding steroid dienone is 2. The van der Waals surface area contributed by atoms with Crippen molar-refractivity contribution in [2.75, 3.05) is 13.2 Å². The third kappa shape index (κ3) is 4.36. The smallest absolute Gasteiger partial charge is 0.484 e. The first kappa shape index (κ1) is 22.6. The molecule has 0 unspecified atom stereocenters. The lowest BCUT2D eigenvalue weighted by Crippen LogP contribution is -2.50. The van der Waals surface area contributed by atoms with E-state index >= 15 is 8.63 Å². The third-order valence-corrected chi connectivity index (χ3v) is 6.60. The third-order valence-electron chi connectivity index (χ3n) is 5.71. The fourth-order valence-electron chi connectivity index (χ4n) is 4.12. The number of nitrogens with one attached hydrogen (secondary N) is 1. The van der Waals surface area contributed by atoms with Crippen molar-refractivity contribution in [1.29, 1.82) is 0 Å². The summed E-state index contributed by atoms with van der Waals surface area (Å²) in [6, 6.07) is 14.1. The molecule has 2 aliphatic heterocycles. The number of rotatable bonds is 7. The first-order valence-corrected chi connectivity index (χ1v) is 11.8. The van der Waals surface area contributed by atoms with Crippen molar-refractivity contribution in [3.63, 3.8) is 0 Å². The van der Waals surface area contributed by atoms with Gasteiger partial charge in [0, 0.05) is 29.6 Å². The van der Waals surface area contributed by atoms with E-state index in [1.54, 1.807) is 66.8 Å². The molecule has 0 saturated carbocycles. The van der Waals surface area contributed by atoms with Gasteiger partial charge in [-0.3, -0.25) is 4.79 Å². The highest BCUT2D eigenvalue weighted by Gasteiger charge is 2.52. The van der Waals surface area contributed by atoms with Gasteiger partial charge < -0.3 is 27.6 Å². The number of carbonyl (C=O) groups excluding carboxylic acids is 1. The minimum absolute atomic E-state index is 0.143. The molecule has 0 saturated heterocycles. The van der Waals surface area contributed by atoms with E-state index in [4.69, 9.17) is 11.2 Å². The van der Waals surface area contributed by atoms with E-state index in [9.17, 15) is 4.79 Å². The quantitative estimate of drug-likeness (QED) is 0.394. The number of hydrogen-bond donors (Lipinski definition) is 1. The molecule has 3 aromatic rings. The van der Waals surface area contributed by atoms with E-state index in [1.165, 1.54) is 11.3 Å². The molecule has 2 aliphatic rings. The van der Waals surface area contributed by atoms with Crippen molar-refractivity contribution in [2.45, 2.75) is 0 Å². The van der Waals surface area contributed by atoms with Gasteiger partial charge >= 0.3 is 6.97 Å². The molecule has 0 fully saturated rings. The largest absolute Gasteiger partial charge is 0.737 e. The van der Waals surface area contributed by atoms with E-state index in [2.05, 4.69) is 11.2 Å². The number of aromatic nitrogens is 1. The Labute approximate surface area is 205 Å². The van der Waals surface area contributed by atoms with Crippen LogP contribution in [0.2, 0.25) is 0 Å². The number of hydrogen-bond acceptors (Lipinski definition) is 3. The van der Waals surface area contributed by atoms with E-state index in [-0.39, 0.29) is 19.1 Å². The fourth-order valence-corrected chi connectivity index (χ4v) is 4.87. The number of carbonyl (C=O) groups is 1. The highest BCUT2D eigenvalue weighted by Crippen LogP contribution is 2.34. The van der Waals surface area contributed by atoms with Gasteiger partial charge in [-0.15, -0.1) is 17.8 Å². The summed E-state index contributed by atoms with van der Waals surface area (Å²) in [4.78, 5) is 12.4. The zero-order chi connectivity index (χ0) is 24.4. The molecule has 0 radical (unpaired) electrons. The number of amides is 1. The Morgan fingerprint density at radius 2 is 2.00 bits per heavy atom. The number of terminal acetylenes is 1. The van der Waals surface area contributed by atoms with Crippen LogP contribution < -0.4 is 10.1 Å². The van der Waals surface area contributed by atoms with Crippen LogP contribution in [0.1, 0.15) is 21.8 Å². The summed E-state index contributed by atoms with van der Waals surface area (Å²) in [5.74, 6) is 2.53. The second-order valence-corrected chi connectivity index (χ2v) is 8.90. The molecule has 4 heterocycles. The van der Waals surface area contributed by atoms with Crippen LogP contribution in [-0.4, -0.2) is 40.7 Å². The van der Waals surface area contributed by atoms with Crippen LogP contribution in [0, 0.1) is 12.3 Å². The van der Waals surface area contributed by atoms with Gasteiger partial charge in [-0.1, -0.05) is 30.2 Å². The predicted octanol–water partition coefficient (Wildman–Crippen LogP) is 4.50. The van der Waals surface area contributed by atoms with Crippen molar-refractivity contribution < 1.29 is 22.6 Å². The zero-order valence-corrected chi connectivity index (χ0v) is 19.3. The van der Waals surface area contributed by atoms with Crippen LogP contribution >= 0.6 is 11.3 Å². The lowest BCUT2D eigenvalue weighted by atomic mass is 9.90. The highest BCUT2D eigenvalue weighted by molar-refractivity contribution is 7.12. The Morgan fingerprint density at radius 1 is 1.17 bits per heavy atom. The van der Waals surface area contributed by atoms with Crippen molar-refractivity contribution in [2.24, 2.45) is 0 Å². The number of halogens is 2. The molecule has 0 bridgehead atoms. The molecular weight excluding hydrogens is 467 g/mol. The molecular formula is C26H20BF2N3O2S. The normalized spacial score (nSPS) is 15.5. The summed E-state index contributed by atoms with van der Waals surface area (Å²) in [5.41, 5.74) is 2.67. The maximum atomic E-state index is 15.9. The number of nitrogens with zero attached hydrogens (tertiary/aromatic N) is 2. The first-order chi connectivity index (χ1) is 17.0. The van der Waals surface area contributed by atoms with Crippen LogP contribution in [-0.2, 0) is 4.79 Å². The van der Waals surface area contributed by atoms with Crippen molar-refractivity contribution in [3.05, 3.63) is 93.6 Å². The van der Waals surface area contributed by atoms with Crippen LogP contribution in [0.4, 0.5) is 8.63 Å². The second kappa shape index (κ2) is 9.24. The predicted molar refractivity (Wildman–Crippen MR) is 136 cm³/mol. The summed E-state index contributed by atoms with van der Waals surface area (Å²) in [6.45, 7) is -4.08. The monoisotopic (exact) mass is 487 g/mol. The van der Waals surface area contributed by atoms with Gasteiger partial charge in [-0.05, 0) is 47.4 Å². The molecule has 5 nitrogen and oxygen atoms in total. The van der Waals surface area contributed by atoms with E-state index in [0.29, 0.717) is 28.5 Å². The van der Waals surface area contributed by atoms with E-state index < -0.39 is 6.97 Å². The summed E-state index contributed by atoms with van der Waals surface area (Å²) >= 11 is 1.44. The number of thiophene rings is 1. The highest BCUT2D eigenvalue weighted by atomic mass is 32.1. The molecule has 2 aromatic heterocycles. The molecule has 5 rings (SSSR count). The van der Waals surface area contributed by atoms with E-state index in [1.807, 2.05) is 17.5 Å². The Kier molecular flexibility index (Phi) is 5.97. The van der Waals surface area contributed by atoms with Gasteiger partial charge in [0.15, 0.2) is 18.0 Å². The van der Waals surface area contributed by atoms with Gasteiger partial charge in [0.2, 0.25) is 0 Å². The molecule has 0 atom stereocenters. The zero-order valence-electron chi connectivity index (χ0n) is 18.5. The van der Waals surface area contributed by atoms with E-state index in [0.717, 1.165) is 19.4 Å². The Hall–Kier alpha value is -4.16. The van der Waals surface area contributed by atoms with Gasteiger partial charge in [-0.25, -0.2) is 0 Å². The molecule has 1 amide bonds. The average molecular weight is 487 g/mol. The van der Waals surface area contributed by atoms with Crippen molar-refractivity contribution in [3.8, 4) is 18.1 Å². The van der Waals surface area contributed by atoms with Crippen molar-refractivity contribution >= 4 is 48.2 Å². The number of ether oxygens (including phenoxy) is 1. The summed E-state index contributed by atoms with van der Waals surface area (Å²) in [6.07, 6.45) is 13.8. The maximum absolute atomic E-state index is 15.9. The molecule has 0 aliphatic carbocycles. The van der Waals surface area contributed by atoms with Crippen LogP contribution in [0.25, 0.3) is 18.2 Å². The minimum atomic E-state index is -4.08. The SMILES string of the molecule is C#CCNC(=O)COc1ccc(/C=C/c2ccc3n2[B-](F)(F)[N+]2=C(c4cccs4)C=CC2=C3)cc1. The molecule has 1 aromatic carbocycles. The first-order valence-electron chi connectivity index (χ1n) is 10.9. The molecule has 1 N–H and O–H groups in total. The minimum Gasteiger partial charge on any atom is -0.484 e. The van der Waals surface area contributed by atoms with Crippen molar-refractivity contribution in [1.82, 2.24) is 9.79 Å². The Balaban J connectivity index is 1.36. The number of benzene rings is 1. The van der Waals surface area contributed by atoms with Gasteiger partial charge in [0.05, 0.1) is 11.4 Å². The van der Waals surface area contributed by atoms with Gasteiger partial charge in [0.25, 0.3) is 5.91 Å². The second-order valence-electron chi connectivity index (χ2n) is 7.95. The van der Waals surface area contributed by atoms with Gasteiger partial charge in [-0.2, -0.15) is 0 Å². The fraction of sp³-hybridized carbons (Fsp3) is 0.0769. The summed E-state index contributed by atoms with van der Waals surface area (Å²) in [5, 5.41) is 4.40. The van der Waals surface area contributed by atoms with Crippen LogP contribution in [0.3, 0.4) is 0 Å². The topological polar surface area (TPSA) is 46.3 Å². The molecule has 174 valence electrons. The van der Waals surface area contributed by atoms with Gasteiger partial charge in [0.1, 0.15) is 5.75 Å².